The second-order valence-corrected chi connectivity index (χ2v) is 5.36. The standard InChI is InChI=1S/C11H19N3O/c12-10(15)14-7-11(3-5-13-6-4-11)9(14)8-1-2-8/h8-9,13H,1-7H2,(H2,12,15). The number of carbonyl (C=O) groups is 1. The minimum Gasteiger partial charge on any atom is -0.351 e. The van der Waals surface area contributed by atoms with E-state index in [1.807, 2.05) is 4.90 Å². The molecule has 4 nitrogen and oxygen atoms in total. The molecule has 2 amide bonds. The summed E-state index contributed by atoms with van der Waals surface area (Å²) in [6, 6.07) is 0.258. The Bertz CT molecular complexity index is 282. The second kappa shape index (κ2) is 3.11. The SMILES string of the molecule is NC(=O)N1CC2(CCNCC2)C1C1CC1. The average molecular weight is 209 g/mol. The van der Waals surface area contributed by atoms with Crippen molar-refractivity contribution in [1.82, 2.24) is 10.2 Å². The lowest BCUT2D eigenvalue weighted by atomic mass is 9.64. The molecule has 2 aliphatic heterocycles. The summed E-state index contributed by atoms with van der Waals surface area (Å²) in [6.07, 6.45) is 5.03. The maximum absolute atomic E-state index is 11.3. The van der Waals surface area contributed by atoms with E-state index < -0.39 is 0 Å². The molecule has 0 aromatic heterocycles. The van der Waals surface area contributed by atoms with Gasteiger partial charge in [-0.05, 0) is 44.7 Å². The summed E-state index contributed by atoms with van der Waals surface area (Å²) in [4.78, 5) is 13.2. The molecule has 1 aliphatic carbocycles. The van der Waals surface area contributed by atoms with Crippen LogP contribution >= 0.6 is 0 Å². The molecule has 0 bridgehead atoms. The Morgan fingerprint density at radius 1 is 1.33 bits per heavy atom. The van der Waals surface area contributed by atoms with Crippen molar-refractivity contribution >= 4 is 6.03 Å². The lowest BCUT2D eigenvalue weighted by Gasteiger charge is -2.59. The van der Waals surface area contributed by atoms with Gasteiger partial charge in [0.1, 0.15) is 0 Å². The molecule has 3 fully saturated rings. The van der Waals surface area contributed by atoms with Crippen molar-refractivity contribution in [3.05, 3.63) is 0 Å². The Balaban J connectivity index is 1.77. The molecule has 0 radical (unpaired) electrons. The third kappa shape index (κ3) is 1.34. The number of likely N-dealkylation sites (tertiary alicyclic amines) is 1. The van der Waals surface area contributed by atoms with Crippen molar-refractivity contribution in [3.8, 4) is 0 Å². The highest BCUT2D eigenvalue weighted by molar-refractivity contribution is 5.74. The van der Waals surface area contributed by atoms with Gasteiger partial charge in [0.05, 0.1) is 0 Å². The number of urea groups is 1. The zero-order valence-corrected chi connectivity index (χ0v) is 9.04. The number of hydrogen-bond donors (Lipinski definition) is 2. The van der Waals surface area contributed by atoms with Crippen LogP contribution in [0.1, 0.15) is 25.7 Å². The lowest BCUT2D eigenvalue weighted by Crippen LogP contribution is -2.70. The molecule has 1 spiro atoms. The highest BCUT2D eigenvalue weighted by Gasteiger charge is 2.58. The number of nitrogens with zero attached hydrogens (tertiary/aromatic N) is 1. The number of nitrogens with one attached hydrogen (secondary N) is 1. The van der Waals surface area contributed by atoms with Crippen LogP contribution in [0.4, 0.5) is 4.79 Å². The number of rotatable bonds is 1. The largest absolute Gasteiger partial charge is 0.351 e. The van der Waals surface area contributed by atoms with E-state index in [4.69, 9.17) is 5.73 Å². The van der Waals surface area contributed by atoms with Gasteiger partial charge >= 0.3 is 6.03 Å². The van der Waals surface area contributed by atoms with Gasteiger partial charge in [0, 0.05) is 18.0 Å². The summed E-state index contributed by atoms with van der Waals surface area (Å²) in [7, 11) is 0. The summed E-state index contributed by atoms with van der Waals surface area (Å²) in [5.74, 6) is 0.754. The van der Waals surface area contributed by atoms with Crippen LogP contribution in [0.25, 0.3) is 0 Å². The van der Waals surface area contributed by atoms with Gasteiger partial charge in [-0.2, -0.15) is 0 Å². The third-order valence-corrected chi connectivity index (χ3v) is 4.40. The van der Waals surface area contributed by atoms with E-state index in [1.54, 1.807) is 0 Å². The van der Waals surface area contributed by atoms with Crippen molar-refractivity contribution in [3.63, 3.8) is 0 Å². The number of carbonyl (C=O) groups excluding carboxylic acids is 1. The first-order valence-corrected chi connectivity index (χ1v) is 6.00. The Labute approximate surface area is 90.2 Å². The fraction of sp³-hybridized carbons (Fsp3) is 0.909. The second-order valence-electron chi connectivity index (χ2n) is 5.36. The number of amides is 2. The van der Waals surface area contributed by atoms with Crippen LogP contribution in [0.15, 0.2) is 0 Å². The molecule has 1 saturated carbocycles. The number of hydrogen-bond acceptors (Lipinski definition) is 2. The quantitative estimate of drug-likeness (QED) is 0.662. The van der Waals surface area contributed by atoms with Gasteiger partial charge in [0.25, 0.3) is 0 Å². The summed E-state index contributed by atoms with van der Waals surface area (Å²) in [5, 5.41) is 3.40. The van der Waals surface area contributed by atoms with Crippen molar-refractivity contribution in [2.24, 2.45) is 17.1 Å². The molecule has 84 valence electrons. The first-order valence-electron chi connectivity index (χ1n) is 6.00. The fourth-order valence-electron chi connectivity index (χ4n) is 3.51. The predicted octanol–water partition coefficient (Wildman–Crippen LogP) is 0.529. The maximum atomic E-state index is 11.3. The molecule has 1 atom stereocenters. The molecular weight excluding hydrogens is 190 g/mol. The first kappa shape index (κ1) is 9.46. The van der Waals surface area contributed by atoms with E-state index in [9.17, 15) is 4.79 Å². The number of primary amides is 1. The molecule has 3 aliphatic rings. The molecule has 0 aromatic rings. The van der Waals surface area contributed by atoms with Gasteiger partial charge in [-0.25, -0.2) is 4.79 Å². The molecule has 15 heavy (non-hydrogen) atoms. The van der Waals surface area contributed by atoms with Crippen LogP contribution in [-0.2, 0) is 0 Å². The molecule has 3 rings (SSSR count). The van der Waals surface area contributed by atoms with Crippen LogP contribution in [0.5, 0.6) is 0 Å². The highest BCUT2D eigenvalue weighted by Crippen LogP contribution is 2.54. The van der Waals surface area contributed by atoms with Crippen molar-refractivity contribution in [2.45, 2.75) is 31.7 Å². The van der Waals surface area contributed by atoms with Crippen molar-refractivity contribution < 1.29 is 4.79 Å². The third-order valence-electron chi connectivity index (χ3n) is 4.40. The van der Waals surface area contributed by atoms with E-state index in [0.717, 1.165) is 25.6 Å². The van der Waals surface area contributed by atoms with Crippen molar-refractivity contribution in [1.29, 1.82) is 0 Å². The summed E-state index contributed by atoms with van der Waals surface area (Å²) < 4.78 is 0. The highest BCUT2D eigenvalue weighted by atomic mass is 16.2. The van der Waals surface area contributed by atoms with Crippen molar-refractivity contribution in [2.75, 3.05) is 19.6 Å². The van der Waals surface area contributed by atoms with E-state index in [-0.39, 0.29) is 6.03 Å². The smallest absolute Gasteiger partial charge is 0.315 e. The van der Waals surface area contributed by atoms with Gasteiger partial charge in [0.2, 0.25) is 0 Å². The topological polar surface area (TPSA) is 58.4 Å². The minimum absolute atomic E-state index is 0.212. The first-order chi connectivity index (χ1) is 7.23. The molecule has 0 aromatic carbocycles. The number of nitrogens with two attached hydrogens (primary N) is 1. The predicted molar refractivity (Wildman–Crippen MR) is 57.3 cm³/mol. The van der Waals surface area contributed by atoms with Crippen LogP contribution in [0.2, 0.25) is 0 Å². The van der Waals surface area contributed by atoms with E-state index in [2.05, 4.69) is 5.32 Å². The summed E-state index contributed by atoms with van der Waals surface area (Å²) in [6.45, 7) is 3.12. The van der Waals surface area contributed by atoms with E-state index in [0.29, 0.717) is 11.5 Å². The van der Waals surface area contributed by atoms with Gasteiger partial charge < -0.3 is 16.0 Å². The summed E-state index contributed by atoms with van der Waals surface area (Å²) in [5.41, 5.74) is 5.83. The van der Waals surface area contributed by atoms with Crippen LogP contribution in [-0.4, -0.2) is 36.6 Å². The van der Waals surface area contributed by atoms with Crippen LogP contribution in [0.3, 0.4) is 0 Å². The normalized spacial score (nSPS) is 33.9. The molecule has 1 unspecified atom stereocenters. The summed E-state index contributed by atoms with van der Waals surface area (Å²) >= 11 is 0. The van der Waals surface area contributed by atoms with Gasteiger partial charge in [-0.15, -0.1) is 0 Å². The lowest BCUT2D eigenvalue weighted by molar-refractivity contribution is -0.0711. The van der Waals surface area contributed by atoms with Crippen LogP contribution in [0, 0.1) is 11.3 Å². The zero-order valence-electron chi connectivity index (χ0n) is 9.04. The monoisotopic (exact) mass is 209 g/mol. The zero-order chi connectivity index (χ0) is 10.5. The maximum Gasteiger partial charge on any atom is 0.315 e. The van der Waals surface area contributed by atoms with Gasteiger partial charge in [0.15, 0.2) is 0 Å². The van der Waals surface area contributed by atoms with Gasteiger partial charge in [-0.1, -0.05) is 0 Å². The Morgan fingerprint density at radius 2 is 2.00 bits per heavy atom. The Kier molecular flexibility index (Phi) is 1.96. The van der Waals surface area contributed by atoms with Gasteiger partial charge in [-0.3, -0.25) is 0 Å². The fourth-order valence-corrected chi connectivity index (χ4v) is 3.51. The minimum atomic E-state index is -0.212. The molecule has 2 saturated heterocycles. The molecule has 3 N–H and O–H groups in total. The molecular formula is C11H19N3O. The Morgan fingerprint density at radius 3 is 2.53 bits per heavy atom. The average Bonchev–Trinajstić information content (AvgIpc) is 3.00. The molecule has 2 heterocycles. The van der Waals surface area contributed by atoms with Crippen LogP contribution < -0.4 is 11.1 Å². The Hall–Kier alpha value is -0.770. The number of piperidine rings is 1. The van der Waals surface area contributed by atoms with E-state index >= 15 is 0 Å². The molecule has 4 heteroatoms. The van der Waals surface area contributed by atoms with E-state index in [1.165, 1.54) is 25.7 Å².